The largest absolute Gasteiger partial charge is 0.376 e. The molecule has 1 heterocycles. The quantitative estimate of drug-likeness (QED) is 0.689. The molecular weight excluding hydrogens is 216 g/mol. The second-order valence-electron chi connectivity index (χ2n) is 5.39. The Hall–Kier alpha value is -0.870. The molecule has 17 heavy (non-hydrogen) atoms. The molecule has 0 aromatic carbocycles. The first-order chi connectivity index (χ1) is 8.27. The monoisotopic (exact) mass is 236 g/mol. The van der Waals surface area contributed by atoms with Gasteiger partial charge < -0.3 is 15.8 Å². The first kappa shape index (κ1) is 11.2. The number of nitrogens with one attached hydrogen (secondary N) is 1. The van der Waals surface area contributed by atoms with Crippen LogP contribution >= 0.6 is 0 Å². The summed E-state index contributed by atoms with van der Waals surface area (Å²) in [6.07, 6.45) is 8.28. The zero-order valence-electron chi connectivity index (χ0n) is 9.97. The summed E-state index contributed by atoms with van der Waals surface area (Å²) in [7, 11) is 0. The fourth-order valence-corrected chi connectivity index (χ4v) is 3.24. The van der Waals surface area contributed by atoms with Crippen molar-refractivity contribution in [2.75, 3.05) is 6.61 Å². The van der Waals surface area contributed by atoms with Crippen molar-refractivity contribution in [1.29, 1.82) is 0 Å². The molecule has 0 radical (unpaired) electrons. The number of nitrogens with two attached hydrogens (primary N) is 1. The summed E-state index contributed by atoms with van der Waals surface area (Å²) in [6.45, 7) is 0.811. The SMILES string of the molecule is NC1C2CCCOC2C1NC(=O)C1CC=CC1. The van der Waals surface area contributed by atoms with Crippen LogP contribution in [0.25, 0.3) is 0 Å². The van der Waals surface area contributed by atoms with Gasteiger partial charge in [0, 0.05) is 24.5 Å². The lowest BCUT2D eigenvalue weighted by molar-refractivity contribution is -0.141. The van der Waals surface area contributed by atoms with E-state index >= 15 is 0 Å². The molecule has 3 aliphatic rings. The molecule has 0 spiro atoms. The van der Waals surface area contributed by atoms with Crippen LogP contribution in [0.3, 0.4) is 0 Å². The van der Waals surface area contributed by atoms with E-state index < -0.39 is 0 Å². The molecule has 3 rings (SSSR count). The van der Waals surface area contributed by atoms with Gasteiger partial charge in [-0.2, -0.15) is 0 Å². The molecule has 0 aromatic rings. The standard InChI is InChI=1S/C13H20N2O2/c14-10-9-6-3-7-17-12(9)11(10)15-13(16)8-4-1-2-5-8/h1-2,8-12H,3-7,14H2,(H,15,16). The molecular formula is C13H20N2O2. The lowest BCUT2D eigenvalue weighted by Crippen LogP contribution is -2.72. The third-order valence-electron chi connectivity index (χ3n) is 4.36. The Bertz CT molecular complexity index is 334. The van der Waals surface area contributed by atoms with Gasteiger partial charge in [0.1, 0.15) is 0 Å². The minimum absolute atomic E-state index is 0.0356. The minimum atomic E-state index is 0.0356. The van der Waals surface area contributed by atoms with Crippen LogP contribution in [0.15, 0.2) is 12.2 Å². The predicted octanol–water partition coefficient (Wildman–Crippen LogP) is 0.573. The topological polar surface area (TPSA) is 64.3 Å². The van der Waals surface area contributed by atoms with Crippen LogP contribution in [-0.4, -0.2) is 30.7 Å². The average Bonchev–Trinajstić information content (AvgIpc) is 2.89. The van der Waals surface area contributed by atoms with Crippen molar-refractivity contribution in [1.82, 2.24) is 5.32 Å². The zero-order valence-corrected chi connectivity index (χ0v) is 9.97. The van der Waals surface area contributed by atoms with E-state index in [2.05, 4.69) is 17.5 Å². The molecule has 4 heteroatoms. The van der Waals surface area contributed by atoms with E-state index in [1.807, 2.05) is 0 Å². The number of rotatable bonds is 2. The van der Waals surface area contributed by atoms with Crippen LogP contribution in [0, 0.1) is 11.8 Å². The number of amides is 1. The molecule has 1 saturated heterocycles. The average molecular weight is 236 g/mol. The Balaban J connectivity index is 1.56. The highest BCUT2D eigenvalue weighted by Gasteiger charge is 2.51. The van der Waals surface area contributed by atoms with Crippen molar-refractivity contribution in [3.63, 3.8) is 0 Å². The van der Waals surface area contributed by atoms with Gasteiger partial charge in [-0.1, -0.05) is 12.2 Å². The summed E-state index contributed by atoms with van der Waals surface area (Å²) in [5.74, 6) is 0.712. The Morgan fingerprint density at radius 2 is 2.12 bits per heavy atom. The van der Waals surface area contributed by atoms with Gasteiger partial charge in [-0.15, -0.1) is 0 Å². The molecule has 4 unspecified atom stereocenters. The van der Waals surface area contributed by atoms with E-state index in [1.54, 1.807) is 0 Å². The Morgan fingerprint density at radius 3 is 2.88 bits per heavy atom. The summed E-state index contributed by atoms with van der Waals surface area (Å²) in [5.41, 5.74) is 6.11. The first-order valence-corrected chi connectivity index (χ1v) is 6.60. The Morgan fingerprint density at radius 1 is 1.35 bits per heavy atom. The zero-order chi connectivity index (χ0) is 11.8. The van der Waals surface area contributed by atoms with Crippen molar-refractivity contribution < 1.29 is 9.53 Å². The van der Waals surface area contributed by atoms with E-state index in [1.165, 1.54) is 0 Å². The predicted molar refractivity (Wildman–Crippen MR) is 64.2 cm³/mol. The van der Waals surface area contributed by atoms with Gasteiger partial charge in [-0.3, -0.25) is 4.79 Å². The van der Waals surface area contributed by atoms with Gasteiger partial charge in [0.05, 0.1) is 12.1 Å². The molecule has 1 aliphatic heterocycles. The Labute approximate surface area is 102 Å². The summed E-state index contributed by atoms with van der Waals surface area (Å²) in [6, 6.07) is 0.118. The molecule has 1 saturated carbocycles. The van der Waals surface area contributed by atoms with Gasteiger partial charge in [0.25, 0.3) is 0 Å². The van der Waals surface area contributed by atoms with Gasteiger partial charge in [0.15, 0.2) is 0 Å². The number of allylic oxidation sites excluding steroid dienone is 2. The van der Waals surface area contributed by atoms with Crippen LogP contribution in [0.2, 0.25) is 0 Å². The van der Waals surface area contributed by atoms with Crippen molar-refractivity contribution in [3.05, 3.63) is 12.2 Å². The summed E-state index contributed by atoms with van der Waals surface area (Å²) in [5, 5.41) is 3.08. The van der Waals surface area contributed by atoms with Gasteiger partial charge in [-0.05, 0) is 25.7 Å². The number of hydrogen-bond donors (Lipinski definition) is 2. The molecule has 4 nitrogen and oxygen atoms in total. The molecule has 4 atom stereocenters. The van der Waals surface area contributed by atoms with Crippen LogP contribution in [0.1, 0.15) is 25.7 Å². The second-order valence-corrected chi connectivity index (χ2v) is 5.39. The summed E-state index contributed by atoms with van der Waals surface area (Å²) >= 11 is 0. The Kier molecular flexibility index (Phi) is 2.92. The fraction of sp³-hybridized carbons (Fsp3) is 0.769. The third-order valence-corrected chi connectivity index (χ3v) is 4.36. The van der Waals surface area contributed by atoms with Crippen LogP contribution < -0.4 is 11.1 Å². The summed E-state index contributed by atoms with van der Waals surface area (Å²) < 4.78 is 5.71. The van der Waals surface area contributed by atoms with E-state index in [9.17, 15) is 4.79 Å². The van der Waals surface area contributed by atoms with E-state index in [0.717, 1.165) is 32.3 Å². The molecule has 2 aliphatic carbocycles. The van der Waals surface area contributed by atoms with Gasteiger partial charge >= 0.3 is 0 Å². The number of hydrogen-bond acceptors (Lipinski definition) is 3. The highest BCUT2D eigenvalue weighted by atomic mass is 16.5. The highest BCUT2D eigenvalue weighted by molar-refractivity contribution is 5.80. The van der Waals surface area contributed by atoms with Gasteiger partial charge in [0.2, 0.25) is 5.91 Å². The van der Waals surface area contributed by atoms with E-state index in [4.69, 9.17) is 10.5 Å². The van der Waals surface area contributed by atoms with E-state index in [-0.39, 0.29) is 30.0 Å². The third kappa shape index (κ3) is 1.89. The molecule has 94 valence electrons. The maximum absolute atomic E-state index is 12.0. The molecule has 0 bridgehead atoms. The lowest BCUT2D eigenvalue weighted by Gasteiger charge is -2.52. The van der Waals surface area contributed by atoms with Gasteiger partial charge in [-0.25, -0.2) is 0 Å². The molecule has 2 fully saturated rings. The number of carbonyl (C=O) groups is 1. The molecule has 3 N–H and O–H groups in total. The molecule has 0 aromatic heterocycles. The first-order valence-electron chi connectivity index (χ1n) is 6.60. The minimum Gasteiger partial charge on any atom is -0.376 e. The van der Waals surface area contributed by atoms with Crippen molar-refractivity contribution in [2.24, 2.45) is 17.6 Å². The van der Waals surface area contributed by atoms with Crippen LogP contribution in [-0.2, 0) is 9.53 Å². The molecule has 1 amide bonds. The normalized spacial score (nSPS) is 40.8. The van der Waals surface area contributed by atoms with Crippen molar-refractivity contribution in [2.45, 2.75) is 43.9 Å². The number of fused-ring (bicyclic) bond motifs is 1. The van der Waals surface area contributed by atoms with Crippen LogP contribution in [0.5, 0.6) is 0 Å². The lowest BCUT2D eigenvalue weighted by atomic mass is 9.68. The summed E-state index contributed by atoms with van der Waals surface area (Å²) in [4.78, 5) is 12.0. The second kappa shape index (κ2) is 4.42. The number of ether oxygens (including phenoxy) is 1. The highest BCUT2D eigenvalue weighted by Crippen LogP contribution is 2.37. The maximum Gasteiger partial charge on any atom is 0.224 e. The van der Waals surface area contributed by atoms with Crippen molar-refractivity contribution in [3.8, 4) is 0 Å². The number of carbonyl (C=O) groups excluding carboxylic acids is 1. The van der Waals surface area contributed by atoms with Crippen LogP contribution in [0.4, 0.5) is 0 Å². The maximum atomic E-state index is 12.0. The fourth-order valence-electron chi connectivity index (χ4n) is 3.24. The van der Waals surface area contributed by atoms with E-state index in [0.29, 0.717) is 5.92 Å². The smallest absolute Gasteiger partial charge is 0.224 e. The van der Waals surface area contributed by atoms with Crippen molar-refractivity contribution >= 4 is 5.91 Å².